The maximum absolute atomic E-state index is 6.09. The lowest BCUT2D eigenvalue weighted by molar-refractivity contribution is 0.418. The molecule has 0 aliphatic rings. The van der Waals surface area contributed by atoms with Gasteiger partial charge in [0.1, 0.15) is 5.75 Å². The van der Waals surface area contributed by atoms with E-state index in [0.717, 1.165) is 28.0 Å². The zero-order valence-corrected chi connectivity index (χ0v) is 13.3. The van der Waals surface area contributed by atoms with Crippen LogP contribution >= 0.6 is 23.2 Å². The summed E-state index contributed by atoms with van der Waals surface area (Å²) in [5, 5.41) is 8.68. The Morgan fingerprint density at radius 1 is 0.909 bits per heavy atom. The second-order valence-corrected chi connectivity index (χ2v) is 5.49. The summed E-state index contributed by atoms with van der Waals surface area (Å²) < 4.78 is 5.63. The lowest BCUT2D eigenvalue weighted by Crippen LogP contribution is -1.93. The van der Waals surface area contributed by atoms with Crippen molar-refractivity contribution in [2.45, 2.75) is 0 Å². The molecule has 3 aromatic rings. The minimum Gasteiger partial charge on any atom is -0.495 e. The van der Waals surface area contributed by atoms with E-state index in [0.29, 0.717) is 10.2 Å². The van der Waals surface area contributed by atoms with Crippen molar-refractivity contribution < 1.29 is 4.74 Å². The largest absolute Gasteiger partial charge is 0.495 e. The predicted molar refractivity (Wildman–Crippen MR) is 89.5 cm³/mol. The van der Waals surface area contributed by atoms with Crippen LogP contribution in [0, 0.1) is 0 Å². The summed E-state index contributed by atoms with van der Waals surface area (Å²) in [7, 11) is 1.64. The van der Waals surface area contributed by atoms with Crippen molar-refractivity contribution in [3.8, 4) is 28.0 Å². The lowest BCUT2D eigenvalue weighted by Gasteiger charge is -2.14. The highest BCUT2D eigenvalue weighted by Crippen LogP contribution is 2.39. The first-order chi connectivity index (χ1) is 10.7. The average molecular weight is 331 g/mol. The van der Waals surface area contributed by atoms with Gasteiger partial charge in [-0.3, -0.25) is 0 Å². The molecule has 3 nitrogen and oxygen atoms in total. The van der Waals surface area contributed by atoms with Crippen molar-refractivity contribution in [1.29, 1.82) is 0 Å². The van der Waals surface area contributed by atoms with Crippen LogP contribution in [-0.2, 0) is 0 Å². The summed E-state index contributed by atoms with van der Waals surface area (Å²) in [6.45, 7) is 0. The van der Waals surface area contributed by atoms with E-state index in [1.807, 2.05) is 42.5 Å². The topological polar surface area (TPSA) is 35.0 Å². The molecular formula is C17H12Cl2N2O. The van der Waals surface area contributed by atoms with Crippen molar-refractivity contribution in [2.75, 3.05) is 7.11 Å². The van der Waals surface area contributed by atoms with Gasteiger partial charge in [0, 0.05) is 21.7 Å². The SMILES string of the molecule is COc1c(-c2cccc(Cl)c2)cccc1-c1cnnc(Cl)c1. The van der Waals surface area contributed by atoms with Gasteiger partial charge in [0.25, 0.3) is 0 Å². The van der Waals surface area contributed by atoms with Crippen LogP contribution in [0.3, 0.4) is 0 Å². The molecular weight excluding hydrogens is 319 g/mol. The molecule has 5 heteroatoms. The van der Waals surface area contributed by atoms with E-state index in [9.17, 15) is 0 Å². The van der Waals surface area contributed by atoms with Crippen molar-refractivity contribution >= 4 is 23.2 Å². The molecule has 0 amide bonds. The van der Waals surface area contributed by atoms with E-state index in [-0.39, 0.29) is 0 Å². The van der Waals surface area contributed by atoms with Crippen molar-refractivity contribution in [1.82, 2.24) is 10.2 Å². The molecule has 0 spiro atoms. The molecule has 0 atom stereocenters. The third-order valence-electron chi connectivity index (χ3n) is 3.29. The Labute approximate surface area is 138 Å². The lowest BCUT2D eigenvalue weighted by atomic mass is 9.98. The van der Waals surface area contributed by atoms with Crippen LogP contribution in [0.2, 0.25) is 10.2 Å². The Morgan fingerprint density at radius 2 is 1.64 bits per heavy atom. The fourth-order valence-corrected chi connectivity index (χ4v) is 2.71. The van der Waals surface area contributed by atoms with Crippen LogP contribution in [0.15, 0.2) is 54.7 Å². The van der Waals surface area contributed by atoms with E-state index >= 15 is 0 Å². The number of nitrogens with zero attached hydrogens (tertiary/aromatic N) is 2. The predicted octanol–water partition coefficient (Wildman–Crippen LogP) is 5.13. The van der Waals surface area contributed by atoms with Gasteiger partial charge in [-0.25, -0.2) is 0 Å². The Balaban J connectivity index is 2.20. The van der Waals surface area contributed by atoms with Gasteiger partial charge in [-0.15, -0.1) is 5.10 Å². The monoisotopic (exact) mass is 330 g/mol. The van der Waals surface area contributed by atoms with Crippen LogP contribution in [-0.4, -0.2) is 17.3 Å². The average Bonchev–Trinajstić information content (AvgIpc) is 2.54. The van der Waals surface area contributed by atoms with Gasteiger partial charge in [0.2, 0.25) is 0 Å². The van der Waals surface area contributed by atoms with Crippen LogP contribution < -0.4 is 4.74 Å². The summed E-state index contributed by atoms with van der Waals surface area (Å²) >= 11 is 12.0. The fourth-order valence-electron chi connectivity index (χ4n) is 2.36. The van der Waals surface area contributed by atoms with Crippen LogP contribution in [0.1, 0.15) is 0 Å². The molecule has 0 saturated carbocycles. The summed E-state index contributed by atoms with van der Waals surface area (Å²) in [5.74, 6) is 0.744. The number of hydrogen-bond donors (Lipinski definition) is 0. The number of ether oxygens (including phenoxy) is 1. The van der Waals surface area contributed by atoms with Gasteiger partial charge in [0.15, 0.2) is 5.15 Å². The van der Waals surface area contributed by atoms with E-state index < -0.39 is 0 Å². The van der Waals surface area contributed by atoms with E-state index in [2.05, 4.69) is 10.2 Å². The number of rotatable bonds is 3. The normalized spacial score (nSPS) is 10.5. The summed E-state index contributed by atoms with van der Waals surface area (Å²) in [6, 6.07) is 15.3. The first-order valence-corrected chi connectivity index (χ1v) is 7.36. The number of halogens is 2. The highest BCUT2D eigenvalue weighted by atomic mass is 35.5. The standard InChI is InChI=1S/C17H12Cl2N2O/c1-22-17-14(11-4-2-5-13(18)8-11)6-3-7-15(17)12-9-16(19)21-20-10-12/h2-10H,1H3. The molecule has 0 bridgehead atoms. The Hall–Kier alpha value is -2.10. The van der Waals surface area contributed by atoms with Crippen molar-refractivity contribution in [3.05, 3.63) is 64.9 Å². The third kappa shape index (κ3) is 2.91. The zero-order valence-electron chi connectivity index (χ0n) is 11.8. The molecule has 0 aliphatic heterocycles. The van der Waals surface area contributed by atoms with Crippen LogP contribution in [0.5, 0.6) is 5.75 Å². The van der Waals surface area contributed by atoms with Crippen LogP contribution in [0.25, 0.3) is 22.3 Å². The van der Waals surface area contributed by atoms with E-state index in [1.54, 1.807) is 19.4 Å². The molecule has 0 radical (unpaired) electrons. The Morgan fingerprint density at radius 3 is 2.32 bits per heavy atom. The van der Waals surface area contributed by atoms with Gasteiger partial charge in [-0.2, -0.15) is 5.10 Å². The summed E-state index contributed by atoms with van der Waals surface area (Å²) in [4.78, 5) is 0. The molecule has 1 aromatic heterocycles. The van der Waals surface area contributed by atoms with Gasteiger partial charge in [-0.1, -0.05) is 53.5 Å². The molecule has 0 unspecified atom stereocenters. The van der Waals surface area contributed by atoms with Gasteiger partial charge < -0.3 is 4.74 Å². The molecule has 3 rings (SSSR count). The van der Waals surface area contributed by atoms with Gasteiger partial charge in [0.05, 0.1) is 13.3 Å². The Bertz CT molecular complexity index is 758. The maximum Gasteiger partial charge on any atom is 0.152 e. The van der Waals surface area contributed by atoms with Crippen LogP contribution in [0.4, 0.5) is 0 Å². The highest BCUT2D eigenvalue weighted by Gasteiger charge is 2.13. The second kappa shape index (κ2) is 6.34. The quantitative estimate of drug-likeness (QED) is 0.668. The zero-order chi connectivity index (χ0) is 15.5. The summed E-state index contributed by atoms with van der Waals surface area (Å²) in [5.41, 5.74) is 3.69. The first-order valence-electron chi connectivity index (χ1n) is 6.60. The molecule has 22 heavy (non-hydrogen) atoms. The molecule has 0 N–H and O–H groups in total. The van der Waals surface area contributed by atoms with Crippen molar-refractivity contribution in [2.24, 2.45) is 0 Å². The molecule has 0 saturated heterocycles. The number of para-hydroxylation sites is 1. The number of aromatic nitrogens is 2. The molecule has 0 fully saturated rings. The molecule has 110 valence electrons. The fraction of sp³-hybridized carbons (Fsp3) is 0.0588. The third-order valence-corrected chi connectivity index (χ3v) is 3.71. The second-order valence-electron chi connectivity index (χ2n) is 4.66. The molecule has 0 aliphatic carbocycles. The minimum atomic E-state index is 0.340. The number of benzene rings is 2. The molecule has 1 heterocycles. The molecule has 2 aromatic carbocycles. The van der Waals surface area contributed by atoms with Crippen molar-refractivity contribution in [3.63, 3.8) is 0 Å². The minimum absolute atomic E-state index is 0.340. The summed E-state index contributed by atoms with van der Waals surface area (Å²) in [6.07, 6.45) is 1.66. The Kier molecular flexibility index (Phi) is 4.27. The van der Waals surface area contributed by atoms with E-state index in [4.69, 9.17) is 27.9 Å². The first kappa shape index (κ1) is 14.8. The van der Waals surface area contributed by atoms with Gasteiger partial charge >= 0.3 is 0 Å². The van der Waals surface area contributed by atoms with Gasteiger partial charge in [-0.05, 0) is 23.8 Å². The number of methoxy groups -OCH3 is 1. The smallest absolute Gasteiger partial charge is 0.152 e. The maximum atomic E-state index is 6.09. The highest BCUT2D eigenvalue weighted by molar-refractivity contribution is 6.31. The number of hydrogen-bond acceptors (Lipinski definition) is 3. The van der Waals surface area contributed by atoms with E-state index in [1.165, 1.54) is 0 Å².